The van der Waals surface area contributed by atoms with Gasteiger partial charge in [0.2, 0.25) is 0 Å². The molecule has 0 saturated heterocycles. The number of hydrogen-bond acceptors (Lipinski definition) is 3. The van der Waals surface area contributed by atoms with Crippen molar-refractivity contribution in [1.82, 2.24) is 10.6 Å². The zero-order chi connectivity index (χ0) is 17.9. The highest BCUT2D eigenvalue weighted by Crippen LogP contribution is 2.29. The number of rotatable bonds is 9. The molecule has 1 aromatic carbocycles. The Hall–Kier alpha value is -1.01. The molecule has 0 heterocycles. The summed E-state index contributed by atoms with van der Waals surface area (Å²) < 4.78 is 12.2. The summed E-state index contributed by atoms with van der Waals surface area (Å²) in [7, 11) is -0.870. The van der Waals surface area contributed by atoms with E-state index in [4.69, 9.17) is 0 Å². The fourth-order valence-electron chi connectivity index (χ4n) is 3.06. The topological polar surface area (TPSA) is 53.5 Å². The Kier molecular flexibility index (Phi) is 9.40. The van der Waals surface area contributed by atoms with Crippen LogP contribution in [0.25, 0.3) is 0 Å². The van der Waals surface area contributed by atoms with Gasteiger partial charge in [0, 0.05) is 40.1 Å². The van der Waals surface area contributed by atoms with Gasteiger partial charge in [0.25, 0.3) is 0 Å². The van der Waals surface area contributed by atoms with Gasteiger partial charge >= 0.3 is 0 Å². The van der Waals surface area contributed by atoms with Crippen molar-refractivity contribution in [1.29, 1.82) is 0 Å². The molecule has 0 radical (unpaired) electrons. The van der Waals surface area contributed by atoms with Crippen LogP contribution in [0, 0.1) is 0 Å². The summed E-state index contributed by atoms with van der Waals surface area (Å²) in [5, 5.41) is 7.65. The van der Waals surface area contributed by atoms with Crippen molar-refractivity contribution in [2.45, 2.75) is 50.2 Å². The Balaban J connectivity index is 1.76. The van der Waals surface area contributed by atoms with E-state index >= 15 is 0 Å². The van der Waals surface area contributed by atoms with Gasteiger partial charge in [-0.05, 0) is 37.5 Å². The van der Waals surface area contributed by atoms with Gasteiger partial charge < -0.3 is 10.6 Å². The van der Waals surface area contributed by atoms with Crippen molar-refractivity contribution in [3.63, 3.8) is 0 Å². The molecule has 0 aliphatic heterocycles. The molecule has 25 heavy (non-hydrogen) atoms. The van der Waals surface area contributed by atoms with E-state index in [9.17, 15) is 4.21 Å². The quantitative estimate of drug-likeness (QED) is 0.510. The molecule has 1 aromatic rings. The maximum absolute atomic E-state index is 12.2. The zero-order valence-corrected chi connectivity index (χ0v) is 17.0. The average Bonchev–Trinajstić information content (AvgIpc) is 3.03. The Morgan fingerprint density at radius 1 is 1.28 bits per heavy atom. The lowest BCUT2D eigenvalue weighted by atomic mass is 10.2. The van der Waals surface area contributed by atoms with Crippen molar-refractivity contribution in [2.75, 3.05) is 24.6 Å². The maximum Gasteiger partial charge on any atom is 0.191 e. The fourth-order valence-corrected chi connectivity index (χ4v) is 5.21. The fraction of sp³-hybridized carbons (Fsp3) is 0.632. The first kappa shape index (κ1) is 20.3. The lowest BCUT2D eigenvalue weighted by Gasteiger charge is -2.17. The summed E-state index contributed by atoms with van der Waals surface area (Å²) in [5.41, 5.74) is 1.13. The molecule has 0 amide bonds. The van der Waals surface area contributed by atoms with E-state index in [0.717, 1.165) is 23.3 Å². The van der Waals surface area contributed by atoms with Gasteiger partial charge in [-0.1, -0.05) is 37.3 Å². The third kappa shape index (κ3) is 7.82. The van der Waals surface area contributed by atoms with Gasteiger partial charge in [-0.3, -0.25) is 9.20 Å². The number of benzene rings is 1. The summed E-state index contributed by atoms with van der Waals surface area (Å²) in [5.74, 6) is 3.27. The molecule has 6 heteroatoms. The van der Waals surface area contributed by atoms with Crippen LogP contribution < -0.4 is 10.6 Å². The maximum atomic E-state index is 12.2. The van der Waals surface area contributed by atoms with Gasteiger partial charge in [-0.25, -0.2) is 0 Å². The van der Waals surface area contributed by atoms with Crippen LogP contribution in [0.4, 0.5) is 0 Å². The third-order valence-corrected chi connectivity index (χ3v) is 6.76. The summed E-state index contributed by atoms with van der Waals surface area (Å²) in [6.45, 7) is 5.75. The highest BCUT2D eigenvalue weighted by molar-refractivity contribution is 7.99. The van der Waals surface area contributed by atoms with Crippen LogP contribution in [0.3, 0.4) is 0 Å². The first-order chi connectivity index (χ1) is 12.2. The molecular formula is C19H31N3OS2. The molecule has 1 aliphatic carbocycles. The third-order valence-electron chi connectivity index (χ3n) is 4.23. The monoisotopic (exact) mass is 381 g/mol. The zero-order valence-electron chi connectivity index (χ0n) is 15.4. The molecule has 3 unspecified atom stereocenters. The Bertz CT molecular complexity index is 551. The summed E-state index contributed by atoms with van der Waals surface area (Å²) >= 11 is 2.07. The molecule has 4 nitrogen and oxygen atoms in total. The standard InChI is InChI=1S/C19H31N3OS2/c1-3-20-19(22-17-10-11-18(14-17)24-4-2)21-12-13-25(23)15-16-8-6-5-7-9-16/h5-9,17-18H,3-4,10-15H2,1-2H3,(H2,20,21,22). The van der Waals surface area contributed by atoms with Crippen LogP contribution in [0.5, 0.6) is 0 Å². The molecule has 0 spiro atoms. The normalized spacial score (nSPS) is 21.9. The van der Waals surface area contributed by atoms with E-state index in [1.807, 2.05) is 30.3 Å². The van der Waals surface area contributed by atoms with Crippen LogP contribution in [0.1, 0.15) is 38.7 Å². The van der Waals surface area contributed by atoms with E-state index in [0.29, 0.717) is 24.1 Å². The molecule has 1 fully saturated rings. The molecule has 140 valence electrons. The van der Waals surface area contributed by atoms with Crippen molar-refractivity contribution < 1.29 is 4.21 Å². The van der Waals surface area contributed by atoms with Crippen molar-refractivity contribution in [3.8, 4) is 0 Å². The van der Waals surface area contributed by atoms with E-state index in [1.54, 1.807) is 0 Å². The SMILES string of the molecule is CCNC(=NCCS(=O)Cc1ccccc1)NC1CCC(SCC)C1. The van der Waals surface area contributed by atoms with Crippen LogP contribution in [0.2, 0.25) is 0 Å². The van der Waals surface area contributed by atoms with E-state index in [-0.39, 0.29) is 0 Å². The van der Waals surface area contributed by atoms with E-state index in [1.165, 1.54) is 25.0 Å². The second kappa shape index (κ2) is 11.6. The molecule has 2 rings (SSSR count). The van der Waals surface area contributed by atoms with Gasteiger partial charge in [0.05, 0.1) is 6.54 Å². The van der Waals surface area contributed by atoms with Crippen molar-refractivity contribution >= 4 is 28.5 Å². The lowest BCUT2D eigenvalue weighted by molar-refractivity contribution is 0.615. The first-order valence-corrected chi connectivity index (χ1v) is 11.8. The van der Waals surface area contributed by atoms with Gasteiger partial charge in [0.1, 0.15) is 0 Å². The van der Waals surface area contributed by atoms with Gasteiger partial charge in [-0.2, -0.15) is 11.8 Å². The number of aliphatic imine (C=N–C) groups is 1. The number of thioether (sulfide) groups is 1. The molecule has 2 N–H and O–H groups in total. The summed E-state index contributed by atoms with van der Waals surface area (Å²) in [6, 6.07) is 10.5. The van der Waals surface area contributed by atoms with E-state index in [2.05, 4.69) is 41.2 Å². The van der Waals surface area contributed by atoms with Gasteiger partial charge in [0.15, 0.2) is 5.96 Å². The number of guanidine groups is 1. The van der Waals surface area contributed by atoms with Crippen molar-refractivity contribution in [2.24, 2.45) is 4.99 Å². The minimum absolute atomic E-state index is 0.511. The van der Waals surface area contributed by atoms with Crippen LogP contribution >= 0.6 is 11.8 Å². The average molecular weight is 382 g/mol. The van der Waals surface area contributed by atoms with Crippen LogP contribution in [0.15, 0.2) is 35.3 Å². The Morgan fingerprint density at radius 2 is 2.08 bits per heavy atom. The van der Waals surface area contributed by atoms with E-state index < -0.39 is 10.8 Å². The number of nitrogens with zero attached hydrogens (tertiary/aromatic N) is 1. The molecule has 1 saturated carbocycles. The van der Waals surface area contributed by atoms with Gasteiger partial charge in [-0.15, -0.1) is 0 Å². The number of hydrogen-bond donors (Lipinski definition) is 2. The molecule has 3 atom stereocenters. The second-order valence-corrected chi connectivity index (χ2v) is 9.42. The molecule has 1 aliphatic rings. The largest absolute Gasteiger partial charge is 0.357 e. The lowest BCUT2D eigenvalue weighted by Crippen LogP contribution is -2.42. The van der Waals surface area contributed by atoms with Crippen LogP contribution in [-0.2, 0) is 16.6 Å². The highest BCUT2D eigenvalue weighted by atomic mass is 32.2. The minimum atomic E-state index is -0.870. The minimum Gasteiger partial charge on any atom is -0.357 e. The van der Waals surface area contributed by atoms with Crippen LogP contribution in [-0.4, -0.2) is 46.1 Å². The first-order valence-electron chi connectivity index (χ1n) is 9.26. The Labute approximate surface area is 159 Å². The summed E-state index contributed by atoms with van der Waals surface area (Å²) in [4.78, 5) is 4.62. The molecule has 0 aromatic heterocycles. The smallest absolute Gasteiger partial charge is 0.191 e. The highest BCUT2D eigenvalue weighted by Gasteiger charge is 2.25. The second-order valence-electron chi connectivity index (χ2n) is 6.27. The summed E-state index contributed by atoms with van der Waals surface area (Å²) in [6.07, 6.45) is 3.71. The van der Waals surface area contributed by atoms with Crippen molar-refractivity contribution in [3.05, 3.63) is 35.9 Å². The predicted molar refractivity (Wildman–Crippen MR) is 112 cm³/mol. The predicted octanol–water partition coefficient (Wildman–Crippen LogP) is 3.16. The Morgan fingerprint density at radius 3 is 2.80 bits per heavy atom. The number of nitrogens with one attached hydrogen (secondary N) is 2. The molecular weight excluding hydrogens is 350 g/mol. The molecule has 0 bridgehead atoms.